The lowest BCUT2D eigenvalue weighted by Gasteiger charge is -2.19. The van der Waals surface area contributed by atoms with Crippen LogP contribution in [-0.2, 0) is 6.42 Å². The molecule has 1 saturated heterocycles. The fourth-order valence-electron chi connectivity index (χ4n) is 2.30. The molecule has 0 spiro atoms. The lowest BCUT2D eigenvalue weighted by molar-refractivity contribution is 0.395. The van der Waals surface area contributed by atoms with Crippen molar-refractivity contribution in [2.75, 3.05) is 27.2 Å². The number of hydrogen-bond donors (Lipinski definition) is 0. The molecule has 5 heteroatoms. The summed E-state index contributed by atoms with van der Waals surface area (Å²) in [5.41, 5.74) is 3.01. The van der Waals surface area contributed by atoms with Crippen LogP contribution in [0.4, 0.5) is 0 Å². The van der Waals surface area contributed by atoms with Gasteiger partial charge in [0, 0.05) is 38.9 Å². The van der Waals surface area contributed by atoms with Gasteiger partial charge in [-0.3, -0.25) is 0 Å². The number of aryl methyl sites for hydroxylation is 1. The molecule has 2 rings (SSSR count). The van der Waals surface area contributed by atoms with Gasteiger partial charge in [-0.2, -0.15) is 0 Å². The van der Waals surface area contributed by atoms with E-state index in [1.165, 1.54) is 18.5 Å². The van der Waals surface area contributed by atoms with Gasteiger partial charge in [-0.1, -0.05) is 12.1 Å². The molecule has 110 valence electrons. The van der Waals surface area contributed by atoms with Gasteiger partial charge in [0.1, 0.15) is 5.70 Å². The highest BCUT2D eigenvalue weighted by atomic mass is 16.5. The van der Waals surface area contributed by atoms with Crippen molar-refractivity contribution in [3.8, 4) is 0 Å². The SMILES string of the molecule is CCc1cc(/C(N=CN(C)C)=C(\C)N2CCCC2)on1. The van der Waals surface area contributed by atoms with Crippen molar-refractivity contribution < 1.29 is 4.52 Å². The second-order valence-corrected chi connectivity index (χ2v) is 5.37. The van der Waals surface area contributed by atoms with Crippen molar-refractivity contribution in [2.45, 2.75) is 33.1 Å². The molecule has 0 amide bonds. The van der Waals surface area contributed by atoms with Crippen molar-refractivity contribution in [1.29, 1.82) is 0 Å². The van der Waals surface area contributed by atoms with Crippen LogP contribution in [0.25, 0.3) is 5.70 Å². The summed E-state index contributed by atoms with van der Waals surface area (Å²) in [5.74, 6) is 0.754. The maximum Gasteiger partial charge on any atom is 0.187 e. The molecule has 2 heterocycles. The second-order valence-electron chi connectivity index (χ2n) is 5.37. The van der Waals surface area contributed by atoms with Crippen molar-refractivity contribution in [3.05, 3.63) is 23.2 Å². The zero-order valence-corrected chi connectivity index (χ0v) is 12.9. The summed E-state index contributed by atoms with van der Waals surface area (Å²) in [5, 5.41) is 4.08. The summed E-state index contributed by atoms with van der Waals surface area (Å²) in [4.78, 5) is 8.89. The van der Waals surface area contributed by atoms with E-state index in [0.29, 0.717) is 0 Å². The van der Waals surface area contributed by atoms with Crippen LogP contribution < -0.4 is 0 Å². The van der Waals surface area contributed by atoms with Crippen LogP contribution in [0.1, 0.15) is 38.1 Å². The van der Waals surface area contributed by atoms with Crippen LogP contribution >= 0.6 is 0 Å². The lowest BCUT2D eigenvalue weighted by Crippen LogP contribution is -2.18. The average molecular weight is 276 g/mol. The molecule has 0 bridgehead atoms. The van der Waals surface area contributed by atoms with Crippen LogP contribution in [0.15, 0.2) is 21.3 Å². The van der Waals surface area contributed by atoms with Gasteiger partial charge in [-0.15, -0.1) is 0 Å². The van der Waals surface area contributed by atoms with Gasteiger partial charge in [-0.25, -0.2) is 4.99 Å². The summed E-state index contributed by atoms with van der Waals surface area (Å²) >= 11 is 0. The van der Waals surface area contributed by atoms with Gasteiger partial charge in [0.25, 0.3) is 0 Å². The topological polar surface area (TPSA) is 44.9 Å². The van der Waals surface area contributed by atoms with Crippen LogP contribution in [0, 0.1) is 0 Å². The Kier molecular flexibility index (Phi) is 4.82. The van der Waals surface area contributed by atoms with Crippen molar-refractivity contribution in [1.82, 2.24) is 15.0 Å². The molecule has 1 aliphatic rings. The van der Waals surface area contributed by atoms with Gasteiger partial charge in [0.15, 0.2) is 5.76 Å². The van der Waals surface area contributed by atoms with E-state index < -0.39 is 0 Å². The third-order valence-electron chi connectivity index (χ3n) is 3.50. The number of nitrogens with zero attached hydrogens (tertiary/aromatic N) is 4. The Morgan fingerprint density at radius 1 is 1.45 bits per heavy atom. The number of aromatic nitrogens is 1. The molecule has 5 nitrogen and oxygen atoms in total. The van der Waals surface area contributed by atoms with Crippen LogP contribution in [0.2, 0.25) is 0 Å². The molecule has 1 aromatic rings. The van der Waals surface area contributed by atoms with Crippen LogP contribution in [0.3, 0.4) is 0 Å². The highest BCUT2D eigenvalue weighted by molar-refractivity contribution is 5.72. The van der Waals surface area contributed by atoms with Crippen molar-refractivity contribution >= 4 is 12.0 Å². The number of allylic oxidation sites excluding steroid dienone is 1. The third kappa shape index (κ3) is 3.40. The molecule has 20 heavy (non-hydrogen) atoms. The second kappa shape index (κ2) is 6.59. The first-order chi connectivity index (χ1) is 9.61. The average Bonchev–Trinajstić information content (AvgIpc) is 3.09. The molecule has 0 saturated carbocycles. The summed E-state index contributed by atoms with van der Waals surface area (Å²) in [7, 11) is 3.92. The Hall–Kier alpha value is -1.78. The lowest BCUT2D eigenvalue weighted by atomic mass is 10.2. The molecule has 1 fully saturated rings. The summed E-state index contributed by atoms with van der Waals surface area (Å²) in [6.45, 7) is 6.38. The molecule has 0 unspecified atom stereocenters. The fourth-order valence-corrected chi connectivity index (χ4v) is 2.30. The number of hydrogen-bond acceptors (Lipinski definition) is 4. The Bertz CT molecular complexity index is 496. The molecular weight excluding hydrogens is 252 g/mol. The van der Waals surface area contributed by atoms with Crippen LogP contribution in [0.5, 0.6) is 0 Å². The summed E-state index contributed by atoms with van der Waals surface area (Å²) < 4.78 is 5.46. The highest BCUT2D eigenvalue weighted by Crippen LogP contribution is 2.26. The molecule has 0 atom stereocenters. The fraction of sp³-hybridized carbons (Fsp3) is 0.600. The molecule has 1 aliphatic heterocycles. The molecule has 0 aromatic carbocycles. The van der Waals surface area contributed by atoms with Crippen molar-refractivity contribution in [3.63, 3.8) is 0 Å². The minimum absolute atomic E-state index is 0.754. The van der Waals surface area contributed by atoms with E-state index in [-0.39, 0.29) is 0 Å². The van der Waals surface area contributed by atoms with Gasteiger partial charge >= 0.3 is 0 Å². The predicted octanol–water partition coefficient (Wildman–Crippen LogP) is 2.61. The van der Waals surface area contributed by atoms with Gasteiger partial charge < -0.3 is 14.3 Å². The standard InChI is InChI=1S/C15H24N4O/c1-5-13-10-14(20-17-13)15(16-11-18(3)4)12(2)19-8-6-7-9-19/h10-11H,5-9H2,1-4H3/b15-12-,16-11?. The Balaban J connectivity index is 2.35. The van der Waals surface area contributed by atoms with Crippen molar-refractivity contribution in [2.24, 2.45) is 4.99 Å². The Labute approximate surface area is 120 Å². The first kappa shape index (κ1) is 14.6. The smallest absolute Gasteiger partial charge is 0.187 e. The molecule has 1 aromatic heterocycles. The number of likely N-dealkylation sites (tertiary alicyclic amines) is 1. The Morgan fingerprint density at radius 2 is 2.15 bits per heavy atom. The highest BCUT2D eigenvalue weighted by Gasteiger charge is 2.18. The first-order valence-corrected chi connectivity index (χ1v) is 7.24. The zero-order valence-electron chi connectivity index (χ0n) is 12.9. The zero-order chi connectivity index (χ0) is 14.5. The number of rotatable bonds is 5. The maximum atomic E-state index is 5.46. The van der Waals surface area contributed by atoms with Gasteiger partial charge in [0.05, 0.1) is 12.0 Å². The van der Waals surface area contributed by atoms with E-state index in [1.807, 2.05) is 31.4 Å². The van der Waals surface area contributed by atoms with E-state index in [9.17, 15) is 0 Å². The third-order valence-corrected chi connectivity index (χ3v) is 3.50. The number of aliphatic imine (C=N–C) groups is 1. The maximum absolute atomic E-state index is 5.46. The normalized spacial score (nSPS) is 16.9. The largest absolute Gasteiger partial charge is 0.373 e. The first-order valence-electron chi connectivity index (χ1n) is 7.24. The minimum atomic E-state index is 0.754. The van der Waals surface area contributed by atoms with E-state index in [0.717, 1.165) is 36.7 Å². The molecule has 0 N–H and O–H groups in total. The van der Waals surface area contributed by atoms with Gasteiger partial charge in [-0.05, 0) is 26.2 Å². The van der Waals surface area contributed by atoms with E-state index in [1.54, 1.807) is 0 Å². The summed E-state index contributed by atoms with van der Waals surface area (Å²) in [6.07, 6.45) is 5.18. The summed E-state index contributed by atoms with van der Waals surface area (Å²) in [6, 6.07) is 1.99. The van der Waals surface area contributed by atoms with Gasteiger partial charge in [0.2, 0.25) is 0 Å². The minimum Gasteiger partial charge on any atom is -0.373 e. The van der Waals surface area contributed by atoms with E-state index >= 15 is 0 Å². The molecule has 0 radical (unpaired) electrons. The Morgan fingerprint density at radius 3 is 2.70 bits per heavy atom. The van der Waals surface area contributed by atoms with E-state index in [2.05, 4.69) is 28.9 Å². The molecular formula is C15H24N4O. The van der Waals surface area contributed by atoms with Crippen LogP contribution in [-0.4, -0.2) is 48.5 Å². The van der Waals surface area contributed by atoms with E-state index in [4.69, 9.17) is 4.52 Å². The monoisotopic (exact) mass is 276 g/mol. The predicted molar refractivity (Wildman–Crippen MR) is 81.5 cm³/mol. The quantitative estimate of drug-likeness (QED) is 0.612. The molecule has 0 aliphatic carbocycles.